The van der Waals surface area contributed by atoms with Gasteiger partial charge in [-0.25, -0.2) is 18.1 Å². The Morgan fingerprint density at radius 1 is 1.13 bits per heavy atom. The normalized spacial score (nSPS) is 12.4. The van der Waals surface area contributed by atoms with Crippen LogP contribution < -0.4 is 4.72 Å². The van der Waals surface area contributed by atoms with E-state index in [0.29, 0.717) is 10.3 Å². The van der Waals surface area contributed by atoms with Gasteiger partial charge in [0.15, 0.2) is 5.75 Å². The summed E-state index contributed by atoms with van der Waals surface area (Å²) in [6, 6.07) is 9.55. The van der Waals surface area contributed by atoms with Crippen molar-refractivity contribution >= 4 is 55.9 Å². The van der Waals surface area contributed by atoms with Gasteiger partial charge in [-0.1, -0.05) is 41.4 Å². The third-order valence-corrected chi connectivity index (χ3v) is 6.94. The van der Waals surface area contributed by atoms with Crippen molar-refractivity contribution < 1.29 is 26.7 Å². The fourth-order valence-corrected chi connectivity index (χ4v) is 5.43. The summed E-state index contributed by atoms with van der Waals surface area (Å²) in [7, 11) is -4.14. The zero-order valence-corrected chi connectivity index (χ0v) is 18.0. The molecule has 0 fully saturated rings. The van der Waals surface area contributed by atoms with Crippen molar-refractivity contribution in [3.8, 4) is 5.75 Å². The number of rotatable bonds is 6. The van der Waals surface area contributed by atoms with E-state index in [1.165, 1.54) is 12.1 Å². The topological polar surface area (TPSA) is 79.3 Å². The lowest BCUT2D eigenvalue weighted by molar-refractivity contribution is -0.141. The Morgan fingerprint density at radius 2 is 1.83 bits per heavy atom. The van der Waals surface area contributed by atoms with Crippen molar-refractivity contribution in [3.63, 3.8) is 0 Å². The van der Waals surface area contributed by atoms with Crippen molar-refractivity contribution in [1.29, 1.82) is 0 Å². The van der Waals surface area contributed by atoms with Crippen LogP contribution in [0.1, 0.15) is 5.69 Å². The van der Waals surface area contributed by atoms with Crippen LogP contribution in [0.25, 0.3) is 10.9 Å². The lowest BCUT2D eigenvalue weighted by Gasteiger charge is -2.12. The smallest absolute Gasteiger partial charge is 0.433 e. The van der Waals surface area contributed by atoms with E-state index in [-0.39, 0.29) is 27.9 Å². The largest absolute Gasteiger partial charge is 0.505 e. The third-order valence-electron chi connectivity index (χ3n) is 3.90. The first-order valence-electron chi connectivity index (χ1n) is 8.26. The molecule has 0 amide bonds. The van der Waals surface area contributed by atoms with E-state index in [2.05, 4.69) is 9.71 Å². The second kappa shape index (κ2) is 8.80. The summed E-state index contributed by atoms with van der Waals surface area (Å²) in [5.74, 6) is -0.518. The maximum Gasteiger partial charge on any atom is 0.433 e. The minimum absolute atomic E-state index is 0.0236. The maximum absolute atomic E-state index is 13.1. The number of alkyl halides is 3. The zero-order valence-electron chi connectivity index (χ0n) is 14.9. The number of pyridine rings is 1. The molecule has 0 unspecified atom stereocenters. The molecule has 0 aliphatic rings. The van der Waals surface area contributed by atoms with E-state index in [9.17, 15) is 26.7 Å². The van der Waals surface area contributed by atoms with Gasteiger partial charge in [0.2, 0.25) is 10.0 Å². The van der Waals surface area contributed by atoms with E-state index < -0.39 is 32.5 Å². The number of nitrogens with zero attached hydrogens (tertiary/aromatic N) is 1. The van der Waals surface area contributed by atoms with E-state index in [1.54, 1.807) is 18.2 Å². The number of sulfonamides is 1. The van der Waals surface area contributed by atoms with Crippen LogP contribution >= 0.6 is 35.0 Å². The molecule has 5 nitrogen and oxygen atoms in total. The standard InChI is InChI=1S/C18H13Cl2F3N2O3S2/c19-10-7-12(20)17(26)15(8-10)30(27,28)24-5-6-29-14-9-16(18(21,22)23)25-13-4-2-1-3-11(13)14/h1-4,7-9,24,26H,5-6H2. The predicted molar refractivity (Wildman–Crippen MR) is 111 cm³/mol. The average Bonchev–Trinajstić information content (AvgIpc) is 2.67. The number of hydrogen-bond donors (Lipinski definition) is 2. The van der Waals surface area contributed by atoms with Gasteiger partial charge >= 0.3 is 6.18 Å². The number of aromatic hydroxyl groups is 1. The number of aromatic nitrogens is 1. The van der Waals surface area contributed by atoms with Gasteiger partial charge in [-0.3, -0.25) is 0 Å². The van der Waals surface area contributed by atoms with Crippen molar-refractivity contribution in [3.05, 3.63) is 58.2 Å². The van der Waals surface area contributed by atoms with E-state index in [0.717, 1.165) is 23.9 Å². The average molecular weight is 497 g/mol. The molecule has 0 aliphatic carbocycles. The Balaban J connectivity index is 1.77. The molecular formula is C18H13Cl2F3N2O3S2. The van der Waals surface area contributed by atoms with E-state index in [4.69, 9.17) is 23.2 Å². The number of benzene rings is 2. The molecule has 2 aromatic carbocycles. The Morgan fingerprint density at radius 3 is 2.53 bits per heavy atom. The second-order valence-corrected chi connectivity index (χ2v) is 9.72. The summed E-state index contributed by atoms with van der Waals surface area (Å²) in [6.45, 7) is -0.116. The molecule has 0 atom stereocenters. The van der Waals surface area contributed by atoms with Gasteiger partial charge in [-0.2, -0.15) is 13.2 Å². The maximum atomic E-state index is 13.1. The summed E-state index contributed by atoms with van der Waals surface area (Å²) >= 11 is 12.6. The highest BCUT2D eigenvalue weighted by atomic mass is 35.5. The van der Waals surface area contributed by atoms with Crippen LogP contribution in [0, 0.1) is 0 Å². The summed E-state index contributed by atoms with van der Waals surface area (Å²) in [5.41, 5.74) is -0.836. The zero-order chi connectivity index (χ0) is 22.1. The highest BCUT2D eigenvalue weighted by Crippen LogP contribution is 2.35. The predicted octanol–water partition coefficient (Wildman–Crippen LogP) is 5.34. The lowest BCUT2D eigenvalue weighted by atomic mass is 10.2. The fraction of sp³-hybridized carbons (Fsp3) is 0.167. The number of nitrogens with one attached hydrogen (secondary N) is 1. The molecule has 2 N–H and O–H groups in total. The summed E-state index contributed by atoms with van der Waals surface area (Å²) in [6.07, 6.45) is -4.61. The van der Waals surface area contributed by atoms with Gasteiger partial charge in [-0.05, 0) is 24.3 Å². The quantitative estimate of drug-likeness (QED) is 0.355. The molecule has 3 rings (SSSR count). The number of hydrogen-bond acceptors (Lipinski definition) is 5. The molecule has 3 aromatic rings. The van der Waals surface area contributed by atoms with Crippen molar-refractivity contribution in [1.82, 2.24) is 9.71 Å². The molecule has 30 heavy (non-hydrogen) atoms. The highest BCUT2D eigenvalue weighted by Gasteiger charge is 2.33. The summed E-state index contributed by atoms with van der Waals surface area (Å²) in [4.78, 5) is 3.47. The first-order valence-corrected chi connectivity index (χ1v) is 11.5. The number of halogens is 5. The van der Waals surface area contributed by atoms with Gasteiger partial charge in [0.25, 0.3) is 0 Å². The van der Waals surface area contributed by atoms with Crippen LogP contribution in [0.5, 0.6) is 5.75 Å². The minimum atomic E-state index is -4.61. The van der Waals surface area contributed by atoms with E-state index in [1.807, 2.05) is 0 Å². The SMILES string of the molecule is O=S(=O)(NCCSc1cc(C(F)(F)F)nc2ccccc12)c1cc(Cl)cc(Cl)c1O. The van der Waals surface area contributed by atoms with Crippen LogP contribution in [0.15, 0.2) is 52.3 Å². The molecule has 1 aromatic heterocycles. The molecule has 0 spiro atoms. The molecule has 160 valence electrons. The number of phenols is 1. The first kappa shape index (κ1) is 23.0. The monoisotopic (exact) mass is 496 g/mol. The summed E-state index contributed by atoms with van der Waals surface area (Å²) < 4.78 is 66.5. The Hall–Kier alpha value is -1.72. The number of fused-ring (bicyclic) bond motifs is 1. The van der Waals surface area contributed by atoms with E-state index >= 15 is 0 Å². The molecule has 0 saturated carbocycles. The third kappa shape index (κ3) is 5.12. The molecule has 1 heterocycles. The number of phenolic OH excluding ortho intramolecular Hbond substituents is 1. The molecule has 0 radical (unpaired) electrons. The van der Waals surface area contributed by atoms with Crippen LogP contribution in [0.4, 0.5) is 13.2 Å². The van der Waals surface area contributed by atoms with Crippen LogP contribution in [-0.4, -0.2) is 30.8 Å². The lowest BCUT2D eigenvalue weighted by Crippen LogP contribution is -2.26. The Bertz CT molecular complexity index is 1210. The van der Waals surface area contributed by atoms with Crippen LogP contribution in [-0.2, 0) is 16.2 Å². The molecule has 0 bridgehead atoms. The van der Waals surface area contributed by atoms with Crippen molar-refractivity contribution in [2.45, 2.75) is 16.0 Å². The molecule has 0 aliphatic heterocycles. The molecule has 12 heteroatoms. The minimum Gasteiger partial charge on any atom is -0.505 e. The van der Waals surface area contributed by atoms with Gasteiger partial charge in [0, 0.05) is 27.6 Å². The van der Waals surface area contributed by atoms with Gasteiger partial charge in [0.05, 0.1) is 10.5 Å². The Labute approximate surface area is 184 Å². The second-order valence-electron chi connectivity index (χ2n) is 6.00. The summed E-state index contributed by atoms with van der Waals surface area (Å²) in [5, 5.41) is 10.2. The highest BCUT2D eigenvalue weighted by molar-refractivity contribution is 7.99. The van der Waals surface area contributed by atoms with Gasteiger partial charge in [-0.15, -0.1) is 11.8 Å². The Kier molecular flexibility index (Phi) is 6.73. The van der Waals surface area contributed by atoms with Gasteiger partial charge in [0.1, 0.15) is 10.6 Å². The molecule has 0 saturated heterocycles. The van der Waals surface area contributed by atoms with Crippen molar-refractivity contribution in [2.24, 2.45) is 0 Å². The van der Waals surface area contributed by atoms with Crippen LogP contribution in [0.2, 0.25) is 10.0 Å². The van der Waals surface area contributed by atoms with Crippen molar-refractivity contribution in [2.75, 3.05) is 12.3 Å². The first-order chi connectivity index (χ1) is 14.0. The van der Waals surface area contributed by atoms with Crippen LogP contribution in [0.3, 0.4) is 0 Å². The molecular weight excluding hydrogens is 484 g/mol. The fourth-order valence-electron chi connectivity index (χ4n) is 2.57. The number of thioether (sulfide) groups is 1. The number of para-hydroxylation sites is 1. The van der Waals surface area contributed by atoms with Gasteiger partial charge < -0.3 is 5.11 Å².